The fourth-order valence-electron chi connectivity index (χ4n) is 2.32. The number of fused-ring (bicyclic) bond motifs is 2. The van der Waals surface area contributed by atoms with Crippen molar-refractivity contribution < 1.29 is 29.9 Å². The van der Waals surface area contributed by atoms with Gasteiger partial charge in [-0.1, -0.05) is 30.3 Å². The summed E-state index contributed by atoms with van der Waals surface area (Å²) in [7, 11) is -10.7. The van der Waals surface area contributed by atoms with Crippen LogP contribution in [0.15, 0.2) is 82.0 Å². The Morgan fingerprint density at radius 1 is 0.926 bits per heavy atom. The number of hydrogen-bond donors (Lipinski definition) is 0. The molecule has 2 aromatic rings. The number of hydrogen-bond acceptors (Lipinski definition) is 1. The van der Waals surface area contributed by atoms with Crippen molar-refractivity contribution in [1.82, 2.24) is 0 Å². The average molecular weight is 426 g/mol. The van der Waals surface area contributed by atoms with Crippen LogP contribution < -0.4 is 4.74 Å². The first kappa shape index (κ1) is 21.4. The molecule has 0 bridgehead atoms. The molecule has 0 saturated heterocycles. The maximum absolute atomic E-state index is 10.7. The van der Waals surface area contributed by atoms with Gasteiger partial charge in [-0.2, -0.15) is 0 Å². The summed E-state index contributed by atoms with van der Waals surface area (Å²) in [5.74, 6) is 1.95. The molecule has 0 saturated carbocycles. The number of allylic oxidation sites excluding steroid dienone is 3. The number of halogens is 6. The summed E-state index contributed by atoms with van der Waals surface area (Å²) < 4.78 is 65.2. The van der Waals surface area contributed by atoms with E-state index < -0.39 is 7.81 Å². The van der Waals surface area contributed by atoms with E-state index in [1.165, 1.54) is 14.7 Å². The van der Waals surface area contributed by atoms with Crippen molar-refractivity contribution in [2.75, 3.05) is 0 Å². The fourth-order valence-corrected chi connectivity index (χ4v) is 4.57. The molecule has 27 heavy (non-hydrogen) atoms. The molecule has 2 aromatic carbocycles. The van der Waals surface area contributed by atoms with Crippen molar-refractivity contribution in [1.29, 1.82) is 0 Å². The quantitative estimate of drug-likeness (QED) is 0.206. The van der Waals surface area contributed by atoms with E-state index in [9.17, 15) is 25.2 Å². The summed E-state index contributed by atoms with van der Waals surface area (Å²) >= 11 is 0. The van der Waals surface area contributed by atoms with Gasteiger partial charge in [-0.05, 0) is 36.8 Å². The van der Waals surface area contributed by atoms with Crippen molar-refractivity contribution in [2.45, 2.75) is 23.1 Å². The first-order valence-corrected chi connectivity index (χ1v) is 11.0. The van der Waals surface area contributed by atoms with E-state index in [0.29, 0.717) is 0 Å². The van der Waals surface area contributed by atoms with E-state index in [2.05, 4.69) is 43.8 Å². The van der Waals surface area contributed by atoms with Crippen molar-refractivity contribution in [3.8, 4) is 11.5 Å². The molecule has 9 heteroatoms. The average Bonchev–Trinajstić information content (AvgIpc) is 2.54. The van der Waals surface area contributed by atoms with Crippen LogP contribution in [-0.4, -0.2) is 0 Å². The topological polar surface area (TPSA) is 9.23 Å². The van der Waals surface area contributed by atoms with Gasteiger partial charge in [0, 0.05) is 6.92 Å². The van der Waals surface area contributed by atoms with E-state index in [1.54, 1.807) is 0 Å². The van der Waals surface area contributed by atoms with Crippen LogP contribution >= 0.6 is 7.81 Å². The van der Waals surface area contributed by atoms with Crippen LogP contribution in [0.4, 0.5) is 25.2 Å². The molecular formula is C18H17F6OPS. The fraction of sp³-hybridized carbons (Fsp3) is 0.111. The second-order valence-electron chi connectivity index (χ2n) is 5.60. The van der Waals surface area contributed by atoms with Gasteiger partial charge in [0.05, 0.1) is 0 Å². The third-order valence-electron chi connectivity index (χ3n) is 3.25. The van der Waals surface area contributed by atoms with Crippen LogP contribution in [0.2, 0.25) is 0 Å². The van der Waals surface area contributed by atoms with Crippen LogP contribution in [0, 0.1) is 0 Å². The summed E-state index contributed by atoms with van der Waals surface area (Å²) in [5, 5.41) is 0. The Labute approximate surface area is 155 Å². The molecule has 0 amide bonds. The second kappa shape index (κ2) is 6.91. The number of para-hydroxylation sites is 2. The third-order valence-corrected chi connectivity index (χ3v) is 5.62. The molecule has 0 unspecified atom stereocenters. The summed E-state index contributed by atoms with van der Waals surface area (Å²) in [6, 6.07) is 16.6. The number of rotatable bonds is 3. The van der Waals surface area contributed by atoms with Gasteiger partial charge in [-0.25, -0.2) is 0 Å². The minimum atomic E-state index is -10.7. The zero-order valence-electron chi connectivity index (χ0n) is 14.2. The van der Waals surface area contributed by atoms with E-state index in [1.807, 2.05) is 30.3 Å². The molecule has 0 atom stereocenters. The van der Waals surface area contributed by atoms with Gasteiger partial charge in [0.15, 0.2) is 11.5 Å². The molecule has 1 aliphatic rings. The molecule has 0 radical (unpaired) electrons. The number of benzene rings is 2. The Bertz CT molecular complexity index is 820. The van der Waals surface area contributed by atoms with E-state index in [4.69, 9.17) is 4.74 Å². The van der Waals surface area contributed by atoms with Crippen LogP contribution in [0.1, 0.15) is 13.3 Å². The van der Waals surface area contributed by atoms with E-state index in [-0.39, 0.29) is 10.9 Å². The van der Waals surface area contributed by atoms with Gasteiger partial charge >= 0.3 is 33.0 Å². The van der Waals surface area contributed by atoms with Gasteiger partial charge in [-0.15, -0.1) is 6.58 Å². The standard InChI is InChI=1S/C18H17OS.F6P/c1-3-4-9-14(2)20-17-12-7-5-10-15(17)19-16-11-6-8-13-18(16)20;1-7(2,3,4,5)6/h3,5-13H,1,4H2,2H3;/q+1;-1/b14-9-;. The Balaban J connectivity index is 0.000000321. The van der Waals surface area contributed by atoms with Crippen molar-refractivity contribution in [3.05, 3.63) is 72.2 Å². The third kappa shape index (κ3) is 7.31. The van der Waals surface area contributed by atoms with Gasteiger partial charge in [0.1, 0.15) is 15.8 Å². The first-order chi connectivity index (χ1) is 12.3. The predicted octanol–water partition coefficient (Wildman–Crippen LogP) is 8.69. The first-order valence-electron chi connectivity index (χ1n) is 7.70. The SMILES string of the molecule is C=CC/C=C(/C)[S+]1c2ccccc2Oc2ccccc21.F[P-](F)(F)(F)(F)F. The van der Waals surface area contributed by atoms with Crippen molar-refractivity contribution in [3.63, 3.8) is 0 Å². The van der Waals surface area contributed by atoms with Crippen LogP contribution in [0.25, 0.3) is 0 Å². The molecule has 148 valence electrons. The van der Waals surface area contributed by atoms with Crippen LogP contribution in [0.3, 0.4) is 0 Å². The van der Waals surface area contributed by atoms with E-state index >= 15 is 0 Å². The molecule has 0 spiro atoms. The monoisotopic (exact) mass is 426 g/mol. The zero-order chi connectivity index (χ0) is 20.4. The maximum atomic E-state index is 9.87. The Morgan fingerprint density at radius 3 is 1.74 bits per heavy atom. The molecule has 1 nitrogen and oxygen atoms in total. The summed E-state index contributed by atoms with van der Waals surface area (Å²) in [4.78, 5) is 3.90. The molecule has 1 heterocycles. The van der Waals surface area contributed by atoms with Gasteiger partial charge in [0.25, 0.3) is 0 Å². The van der Waals surface area contributed by atoms with E-state index in [0.717, 1.165) is 17.9 Å². The molecule has 0 N–H and O–H groups in total. The summed E-state index contributed by atoms with van der Waals surface area (Å²) in [6.45, 7) is 6.00. The Hall–Kier alpha value is -1.92. The summed E-state index contributed by atoms with van der Waals surface area (Å²) in [6.07, 6.45) is 5.10. The molecule has 1 aliphatic heterocycles. The van der Waals surface area contributed by atoms with Gasteiger partial charge in [-0.3, -0.25) is 0 Å². The zero-order valence-corrected chi connectivity index (χ0v) is 15.9. The van der Waals surface area contributed by atoms with Gasteiger partial charge < -0.3 is 4.74 Å². The molecule has 0 fully saturated rings. The normalized spacial score (nSPS) is 16.5. The van der Waals surface area contributed by atoms with Crippen LogP contribution in [0.5, 0.6) is 11.5 Å². The second-order valence-corrected chi connectivity index (χ2v) is 9.65. The molecule has 0 aliphatic carbocycles. The summed E-state index contributed by atoms with van der Waals surface area (Å²) in [5.41, 5.74) is 0. The Kier molecular flexibility index (Phi) is 5.47. The Morgan fingerprint density at radius 2 is 1.33 bits per heavy atom. The molecule has 3 rings (SSSR count). The molecule has 0 aromatic heterocycles. The molecular weight excluding hydrogens is 409 g/mol. The van der Waals surface area contributed by atoms with Crippen molar-refractivity contribution in [2.24, 2.45) is 0 Å². The minimum absolute atomic E-state index is 0.0524. The van der Waals surface area contributed by atoms with Gasteiger partial charge in [0.2, 0.25) is 9.79 Å². The number of ether oxygens (including phenoxy) is 1. The van der Waals surface area contributed by atoms with Crippen LogP contribution in [-0.2, 0) is 10.9 Å². The van der Waals surface area contributed by atoms with Crippen molar-refractivity contribution >= 4 is 18.7 Å². The predicted molar refractivity (Wildman–Crippen MR) is 99.0 cm³/mol.